The van der Waals surface area contributed by atoms with Gasteiger partial charge in [0, 0.05) is 25.2 Å². The molecule has 0 aromatic rings. The van der Waals surface area contributed by atoms with E-state index in [1.165, 1.54) is 0 Å². The van der Waals surface area contributed by atoms with Crippen molar-refractivity contribution in [2.24, 2.45) is 5.92 Å². The van der Waals surface area contributed by atoms with Crippen LogP contribution in [0.25, 0.3) is 0 Å². The first-order valence-corrected chi connectivity index (χ1v) is 7.11. The van der Waals surface area contributed by atoms with Gasteiger partial charge in [-0.25, -0.2) is 0 Å². The van der Waals surface area contributed by atoms with Crippen LogP contribution in [0.5, 0.6) is 0 Å². The second-order valence-electron chi connectivity index (χ2n) is 5.85. The van der Waals surface area contributed by atoms with Crippen LogP contribution in [0.2, 0.25) is 0 Å². The molecule has 19 heavy (non-hydrogen) atoms. The second kappa shape index (κ2) is 5.97. The van der Waals surface area contributed by atoms with Crippen molar-refractivity contribution in [3.8, 4) is 0 Å². The number of piperidine rings is 1. The highest BCUT2D eigenvalue weighted by atomic mass is 19.4. The summed E-state index contributed by atoms with van der Waals surface area (Å²) in [6, 6.07) is 0.365. The van der Waals surface area contributed by atoms with Gasteiger partial charge in [0.2, 0.25) is 0 Å². The van der Waals surface area contributed by atoms with Gasteiger partial charge in [-0.3, -0.25) is 4.90 Å². The van der Waals surface area contributed by atoms with Gasteiger partial charge >= 0.3 is 6.18 Å². The zero-order valence-electron chi connectivity index (χ0n) is 11.3. The molecule has 2 fully saturated rings. The molecule has 1 aliphatic carbocycles. The highest BCUT2D eigenvalue weighted by molar-refractivity contribution is 4.94. The van der Waals surface area contributed by atoms with Crippen LogP contribution in [0, 0.1) is 5.92 Å². The van der Waals surface area contributed by atoms with Crippen molar-refractivity contribution in [2.45, 2.75) is 57.0 Å². The quantitative estimate of drug-likeness (QED) is 0.805. The van der Waals surface area contributed by atoms with E-state index in [2.05, 4.69) is 10.2 Å². The molecule has 0 amide bonds. The summed E-state index contributed by atoms with van der Waals surface area (Å²) in [6.45, 7) is 2.47. The van der Waals surface area contributed by atoms with Gasteiger partial charge in [0.1, 0.15) is 0 Å². The Labute approximate surface area is 112 Å². The second-order valence-corrected chi connectivity index (χ2v) is 5.85. The molecule has 2 N–H and O–H groups in total. The van der Waals surface area contributed by atoms with Gasteiger partial charge in [-0.05, 0) is 31.6 Å². The molecule has 0 radical (unpaired) electrons. The molecule has 3 atom stereocenters. The summed E-state index contributed by atoms with van der Waals surface area (Å²) >= 11 is 0. The van der Waals surface area contributed by atoms with Gasteiger partial charge in [-0.1, -0.05) is 6.92 Å². The summed E-state index contributed by atoms with van der Waals surface area (Å²) in [6.07, 6.45) is -0.997. The predicted molar refractivity (Wildman–Crippen MR) is 66.8 cm³/mol. The summed E-state index contributed by atoms with van der Waals surface area (Å²) in [5, 5.41) is 12.6. The number of aliphatic hydroxyl groups excluding tert-OH is 1. The number of likely N-dealkylation sites (tertiary alicyclic amines) is 1. The molecule has 1 heterocycles. The topological polar surface area (TPSA) is 35.5 Å². The van der Waals surface area contributed by atoms with Crippen molar-refractivity contribution in [1.82, 2.24) is 10.2 Å². The van der Waals surface area contributed by atoms with Crippen LogP contribution >= 0.6 is 0 Å². The molecule has 0 bridgehead atoms. The molecule has 3 unspecified atom stereocenters. The van der Waals surface area contributed by atoms with Crippen LogP contribution in [0.4, 0.5) is 13.2 Å². The Morgan fingerprint density at radius 1 is 1.32 bits per heavy atom. The number of aliphatic hydroxyl groups is 1. The minimum Gasteiger partial charge on any atom is -0.393 e. The molecule has 1 aliphatic heterocycles. The molecule has 112 valence electrons. The van der Waals surface area contributed by atoms with E-state index in [1.807, 2.05) is 6.92 Å². The van der Waals surface area contributed by atoms with Gasteiger partial charge in [-0.15, -0.1) is 0 Å². The molecule has 2 aliphatic rings. The van der Waals surface area contributed by atoms with Gasteiger partial charge in [0.15, 0.2) is 0 Å². The number of halogens is 3. The molecule has 0 aromatic carbocycles. The minimum absolute atomic E-state index is 0.0880. The molecule has 1 saturated carbocycles. The maximum Gasteiger partial charge on any atom is 0.401 e. The van der Waals surface area contributed by atoms with E-state index in [-0.39, 0.29) is 12.0 Å². The lowest BCUT2D eigenvalue weighted by atomic mass is 9.88. The van der Waals surface area contributed by atoms with Crippen molar-refractivity contribution in [1.29, 1.82) is 0 Å². The zero-order chi connectivity index (χ0) is 14.0. The van der Waals surface area contributed by atoms with Gasteiger partial charge in [0.05, 0.1) is 12.6 Å². The van der Waals surface area contributed by atoms with E-state index < -0.39 is 18.8 Å². The van der Waals surface area contributed by atoms with Gasteiger partial charge < -0.3 is 10.4 Å². The molecule has 0 spiro atoms. The number of nitrogens with zero attached hydrogens (tertiary/aromatic N) is 1. The summed E-state index contributed by atoms with van der Waals surface area (Å²) in [4.78, 5) is 2.25. The Morgan fingerprint density at radius 2 is 2.00 bits per heavy atom. The van der Waals surface area contributed by atoms with E-state index in [1.54, 1.807) is 0 Å². The van der Waals surface area contributed by atoms with Crippen LogP contribution < -0.4 is 5.32 Å². The molecule has 0 aromatic heterocycles. The van der Waals surface area contributed by atoms with E-state index >= 15 is 0 Å². The fraction of sp³-hybridized carbons (Fsp3) is 1.00. The number of alkyl halides is 3. The Hall–Kier alpha value is -0.330. The van der Waals surface area contributed by atoms with Crippen molar-refractivity contribution in [2.75, 3.05) is 19.6 Å². The predicted octanol–water partition coefficient (Wildman–Crippen LogP) is 1.76. The minimum atomic E-state index is -4.17. The van der Waals surface area contributed by atoms with Crippen LogP contribution in [0.3, 0.4) is 0 Å². The number of rotatable bonds is 5. The molecule has 6 heteroatoms. The normalized spacial score (nSPS) is 31.4. The van der Waals surface area contributed by atoms with Crippen LogP contribution in [0.1, 0.15) is 32.6 Å². The maximum atomic E-state index is 12.3. The number of hydrogen-bond donors (Lipinski definition) is 2. The lowest BCUT2D eigenvalue weighted by Gasteiger charge is -2.40. The Morgan fingerprint density at radius 3 is 2.53 bits per heavy atom. The number of hydrogen-bond acceptors (Lipinski definition) is 3. The summed E-state index contributed by atoms with van der Waals surface area (Å²) < 4.78 is 36.8. The lowest BCUT2D eigenvalue weighted by Crippen LogP contribution is -2.53. The van der Waals surface area contributed by atoms with Crippen LogP contribution in [-0.2, 0) is 0 Å². The SMILES string of the molecule is CCC(O)C1CC(NCC(F)(F)F)CN(C2CC2)C1. The van der Waals surface area contributed by atoms with Crippen molar-refractivity contribution in [3.63, 3.8) is 0 Å². The highest BCUT2D eigenvalue weighted by Crippen LogP contribution is 2.32. The van der Waals surface area contributed by atoms with Crippen molar-refractivity contribution < 1.29 is 18.3 Å². The van der Waals surface area contributed by atoms with Gasteiger partial charge in [-0.2, -0.15) is 13.2 Å². The standard InChI is InChI=1S/C13H23F3N2O/c1-2-12(19)9-5-10(17-8-13(14,15)16)7-18(6-9)11-3-4-11/h9-12,17,19H,2-8H2,1H3. The summed E-state index contributed by atoms with van der Waals surface area (Å²) in [5.41, 5.74) is 0. The van der Waals surface area contributed by atoms with E-state index in [0.717, 1.165) is 19.4 Å². The third-order valence-electron chi connectivity index (χ3n) is 4.13. The summed E-state index contributed by atoms with van der Waals surface area (Å²) in [7, 11) is 0. The average molecular weight is 280 g/mol. The first-order valence-electron chi connectivity index (χ1n) is 7.11. The highest BCUT2D eigenvalue weighted by Gasteiger charge is 2.39. The molecular formula is C13H23F3N2O. The number of nitrogens with one attached hydrogen (secondary N) is 1. The summed E-state index contributed by atoms with van der Waals surface area (Å²) in [5.74, 6) is 0.0880. The lowest BCUT2D eigenvalue weighted by molar-refractivity contribution is -0.127. The fourth-order valence-corrected chi connectivity index (χ4v) is 2.93. The monoisotopic (exact) mass is 280 g/mol. The Balaban J connectivity index is 1.90. The smallest absolute Gasteiger partial charge is 0.393 e. The first kappa shape index (κ1) is 15.1. The van der Waals surface area contributed by atoms with E-state index in [4.69, 9.17) is 0 Å². The first-order chi connectivity index (χ1) is 8.89. The van der Waals surface area contributed by atoms with Crippen molar-refractivity contribution >= 4 is 0 Å². The third-order valence-corrected chi connectivity index (χ3v) is 4.13. The van der Waals surface area contributed by atoms with E-state index in [0.29, 0.717) is 25.4 Å². The Bertz CT molecular complexity index is 294. The van der Waals surface area contributed by atoms with E-state index in [9.17, 15) is 18.3 Å². The molecule has 2 rings (SSSR count). The zero-order valence-corrected chi connectivity index (χ0v) is 11.3. The largest absolute Gasteiger partial charge is 0.401 e. The van der Waals surface area contributed by atoms with Crippen molar-refractivity contribution in [3.05, 3.63) is 0 Å². The fourth-order valence-electron chi connectivity index (χ4n) is 2.93. The maximum absolute atomic E-state index is 12.3. The molecular weight excluding hydrogens is 257 g/mol. The third kappa shape index (κ3) is 4.61. The Kier molecular flexibility index (Phi) is 4.74. The van der Waals surface area contributed by atoms with Crippen LogP contribution in [0.15, 0.2) is 0 Å². The molecule has 3 nitrogen and oxygen atoms in total. The van der Waals surface area contributed by atoms with Crippen LogP contribution in [-0.4, -0.2) is 54.0 Å². The van der Waals surface area contributed by atoms with Gasteiger partial charge in [0.25, 0.3) is 0 Å². The molecule has 1 saturated heterocycles. The average Bonchev–Trinajstić information content (AvgIpc) is 3.18.